The van der Waals surface area contributed by atoms with Gasteiger partial charge >= 0.3 is 0 Å². The summed E-state index contributed by atoms with van der Waals surface area (Å²) < 4.78 is 0. The molecule has 0 saturated heterocycles. The quantitative estimate of drug-likeness (QED) is 0.747. The van der Waals surface area contributed by atoms with Crippen LogP contribution in [0.1, 0.15) is 10.4 Å². The highest BCUT2D eigenvalue weighted by molar-refractivity contribution is 6.09. The van der Waals surface area contributed by atoms with Gasteiger partial charge in [-0.25, -0.2) is 0 Å². The average molecular weight is 264 g/mol. The molecule has 0 spiro atoms. The van der Waals surface area contributed by atoms with Crippen LogP contribution in [0, 0.1) is 0 Å². The molecule has 0 aliphatic rings. The van der Waals surface area contributed by atoms with E-state index in [0.29, 0.717) is 5.56 Å². The van der Waals surface area contributed by atoms with E-state index in [4.69, 9.17) is 0 Å². The second-order valence-electron chi connectivity index (χ2n) is 4.40. The number of benzene rings is 2. The van der Waals surface area contributed by atoms with Gasteiger partial charge in [0.2, 0.25) is 0 Å². The monoisotopic (exact) mass is 264 g/mol. The fourth-order valence-corrected chi connectivity index (χ4v) is 2.04. The molecule has 0 saturated carbocycles. The predicted molar refractivity (Wildman–Crippen MR) is 77.8 cm³/mol. The van der Waals surface area contributed by atoms with Gasteiger partial charge in [0.25, 0.3) is 5.91 Å². The molecule has 0 unspecified atom stereocenters. The van der Waals surface area contributed by atoms with Gasteiger partial charge in [0, 0.05) is 34.4 Å². The maximum atomic E-state index is 12.2. The Morgan fingerprint density at radius 1 is 1.05 bits per heavy atom. The van der Waals surface area contributed by atoms with Gasteiger partial charge < -0.3 is 10.4 Å². The van der Waals surface area contributed by atoms with E-state index in [0.717, 1.165) is 16.5 Å². The van der Waals surface area contributed by atoms with E-state index >= 15 is 0 Å². The van der Waals surface area contributed by atoms with Crippen LogP contribution < -0.4 is 5.32 Å². The fraction of sp³-hybridized carbons (Fsp3) is 0. The summed E-state index contributed by atoms with van der Waals surface area (Å²) in [7, 11) is 0. The number of pyridine rings is 1. The summed E-state index contributed by atoms with van der Waals surface area (Å²) in [5.41, 5.74) is 1.23. The number of rotatable bonds is 2. The lowest BCUT2D eigenvalue weighted by molar-refractivity contribution is 0.102. The molecule has 0 aliphatic carbocycles. The number of fused-ring (bicyclic) bond motifs is 1. The first kappa shape index (κ1) is 12.2. The molecule has 3 rings (SSSR count). The number of nitrogens with one attached hydrogen (secondary N) is 1. The first-order valence-electron chi connectivity index (χ1n) is 6.17. The first-order chi connectivity index (χ1) is 9.74. The minimum atomic E-state index is -0.214. The Morgan fingerprint density at radius 3 is 2.65 bits per heavy atom. The molecular weight excluding hydrogens is 252 g/mol. The number of hydrogen-bond acceptors (Lipinski definition) is 3. The van der Waals surface area contributed by atoms with Crippen LogP contribution in [0.5, 0.6) is 5.75 Å². The number of phenolic OH excluding ortho intramolecular Hbond substituents is 1. The standard InChI is InChI=1S/C16H12N2O2/c19-13-6-4-11(5-7-13)16(20)18-15-3-1-2-12-10-17-9-8-14(12)15/h1-10,19H,(H,18,20). The number of anilines is 1. The molecule has 2 aromatic carbocycles. The van der Waals surface area contributed by atoms with Crippen molar-refractivity contribution in [1.82, 2.24) is 4.98 Å². The van der Waals surface area contributed by atoms with Gasteiger partial charge in [-0.1, -0.05) is 12.1 Å². The van der Waals surface area contributed by atoms with E-state index in [1.807, 2.05) is 24.3 Å². The molecule has 0 radical (unpaired) electrons. The summed E-state index contributed by atoms with van der Waals surface area (Å²) in [6.07, 6.45) is 3.45. The van der Waals surface area contributed by atoms with Gasteiger partial charge in [-0.3, -0.25) is 9.78 Å². The molecule has 3 aromatic rings. The summed E-state index contributed by atoms with van der Waals surface area (Å²) in [5, 5.41) is 14.0. The molecule has 0 aliphatic heterocycles. The highest BCUT2D eigenvalue weighted by Gasteiger charge is 2.08. The van der Waals surface area contributed by atoms with Crippen molar-refractivity contribution in [3.63, 3.8) is 0 Å². The van der Waals surface area contributed by atoms with Gasteiger partial charge in [0.05, 0.1) is 0 Å². The first-order valence-corrected chi connectivity index (χ1v) is 6.17. The highest BCUT2D eigenvalue weighted by atomic mass is 16.3. The van der Waals surface area contributed by atoms with Crippen molar-refractivity contribution in [2.24, 2.45) is 0 Å². The molecule has 1 amide bonds. The number of amides is 1. The minimum Gasteiger partial charge on any atom is -0.508 e. The van der Waals surface area contributed by atoms with Crippen LogP contribution in [0.25, 0.3) is 10.8 Å². The molecule has 4 heteroatoms. The van der Waals surface area contributed by atoms with E-state index in [9.17, 15) is 9.90 Å². The van der Waals surface area contributed by atoms with Crippen LogP contribution in [-0.4, -0.2) is 16.0 Å². The maximum absolute atomic E-state index is 12.2. The molecule has 0 bridgehead atoms. The number of aromatic hydroxyl groups is 1. The van der Waals surface area contributed by atoms with Crippen molar-refractivity contribution in [2.45, 2.75) is 0 Å². The van der Waals surface area contributed by atoms with E-state index < -0.39 is 0 Å². The Balaban J connectivity index is 1.93. The molecule has 98 valence electrons. The summed E-state index contributed by atoms with van der Waals surface area (Å²) in [4.78, 5) is 16.2. The van der Waals surface area contributed by atoms with Crippen LogP contribution in [0.2, 0.25) is 0 Å². The summed E-state index contributed by atoms with van der Waals surface area (Å²) in [6.45, 7) is 0. The Bertz CT molecular complexity index is 762. The molecular formula is C16H12N2O2. The minimum absolute atomic E-state index is 0.137. The Labute approximate surface area is 115 Å². The summed E-state index contributed by atoms with van der Waals surface area (Å²) >= 11 is 0. The van der Waals surface area contributed by atoms with Gasteiger partial charge in [0.15, 0.2) is 0 Å². The number of carbonyl (C=O) groups is 1. The van der Waals surface area contributed by atoms with E-state index in [1.54, 1.807) is 24.5 Å². The van der Waals surface area contributed by atoms with Crippen LogP contribution in [0.4, 0.5) is 5.69 Å². The SMILES string of the molecule is O=C(Nc1cccc2cnccc12)c1ccc(O)cc1. The average Bonchev–Trinajstić information content (AvgIpc) is 2.48. The summed E-state index contributed by atoms with van der Waals surface area (Å²) in [5.74, 6) is -0.0768. The normalized spacial score (nSPS) is 10.4. The predicted octanol–water partition coefficient (Wildman–Crippen LogP) is 3.19. The lowest BCUT2D eigenvalue weighted by Gasteiger charge is -2.08. The van der Waals surface area contributed by atoms with Crippen molar-refractivity contribution in [3.8, 4) is 5.75 Å². The number of phenols is 1. The third kappa shape index (κ3) is 2.31. The number of nitrogens with zero attached hydrogens (tertiary/aromatic N) is 1. The van der Waals surface area contributed by atoms with Gasteiger partial charge in [-0.2, -0.15) is 0 Å². The van der Waals surface area contributed by atoms with E-state index in [1.165, 1.54) is 12.1 Å². The van der Waals surface area contributed by atoms with Crippen molar-refractivity contribution < 1.29 is 9.90 Å². The molecule has 2 N–H and O–H groups in total. The number of carbonyl (C=O) groups excluding carboxylic acids is 1. The Hall–Kier alpha value is -2.88. The van der Waals surface area contributed by atoms with Gasteiger partial charge in [0.1, 0.15) is 5.75 Å². The van der Waals surface area contributed by atoms with Gasteiger partial charge in [-0.15, -0.1) is 0 Å². The second-order valence-corrected chi connectivity index (χ2v) is 4.40. The van der Waals surface area contributed by atoms with Crippen LogP contribution >= 0.6 is 0 Å². The smallest absolute Gasteiger partial charge is 0.255 e. The van der Waals surface area contributed by atoms with Crippen molar-refractivity contribution >= 4 is 22.4 Å². The molecule has 4 nitrogen and oxygen atoms in total. The maximum Gasteiger partial charge on any atom is 0.255 e. The molecule has 20 heavy (non-hydrogen) atoms. The Kier molecular flexibility index (Phi) is 3.05. The zero-order chi connectivity index (χ0) is 13.9. The zero-order valence-corrected chi connectivity index (χ0v) is 10.6. The van der Waals surface area contributed by atoms with Crippen molar-refractivity contribution in [2.75, 3.05) is 5.32 Å². The number of aromatic nitrogens is 1. The molecule has 0 fully saturated rings. The highest BCUT2D eigenvalue weighted by Crippen LogP contribution is 2.23. The Morgan fingerprint density at radius 2 is 1.85 bits per heavy atom. The van der Waals surface area contributed by atoms with Crippen LogP contribution in [0.15, 0.2) is 60.9 Å². The molecule has 1 aromatic heterocycles. The number of hydrogen-bond donors (Lipinski definition) is 2. The zero-order valence-electron chi connectivity index (χ0n) is 10.6. The third-order valence-corrected chi connectivity index (χ3v) is 3.06. The van der Waals surface area contributed by atoms with Crippen LogP contribution in [0.3, 0.4) is 0 Å². The lowest BCUT2D eigenvalue weighted by atomic mass is 10.1. The summed E-state index contributed by atoms with van der Waals surface area (Å²) in [6, 6.07) is 13.7. The van der Waals surface area contributed by atoms with Crippen molar-refractivity contribution in [1.29, 1.82) is 0 Å². The van der Waals surface area contributed by atoms with E-state index in [2.05, 4.69) is 10.3 Å². The molecule has 0 atom stereocenters. The fourth-order valence-electron chi connectivity index (χ4n) is 2.04. The van der Waals surface area contributed by atoms with Crippen LogP contribution in [-0.2, 0) is 0 Å². The van der Waals surface area contributed by atoms with E-state index in [-0.39, 0.29) is 11.7 Å². The van der Waals surface area contributed by atoms with Gasteiger partial charge in [-0.05, 0) is 36.4 Å². The third-order valence-electron chi connectivity index (χ3n) is 3.06. The molecule has 1 heterocycles. The second kappa shape index (κ2) is 5.01. The van der Waals surface area contributed by atoms with Crippen molar-refractivity contribution in [3.05, 3.63) is 66.5 Å². The topological polar surface area (TPSA) is 62.2 Å². The lowest BCUT2D eigenvalue weighted by Crippen LogP contribution is -2.11. The largest absolute Gasteiger partial charge is 0.508 e.